The highest BCUT2D eigenvalue weighted by atomic mass is 19.4. The Morgan fingerprint density at radius 3 is 2.64 bits per heavy atom. The van der Waals surface area contributed by atoms with Crippen LogP contribution in [0.15, 0.2) is 53.1 Å². The number of halogens is 3. The Labute approximate surface area is 140 Å². The Morgan fingerprint density at radius 1 is 1.12 bits per heavy atom. The Bertz CT molecular complexity index is 890. The van der Waals surface area contributed by atoms with Crippen molar-refractivity contribution in [3.63, 3.8) is 0 Å². The number of carbonyl (C=O) groups excluding carboxylic acids is 1. The number of anilines is 1. The van der Waals surface area contributed by atoms with Crippen LogP contribution in [0, 0.1) is 0 Å². The van der Waals surface area contributed by atoms with Crippen molar-refractivity contribution in [2.45, 2.75) is 12.6 Å². The van der Waals surface area contributed by atoms with Crippen LogP contribution in [0.1, 0.15) is 5.69 Å². The summed E-state index contributed by atoms with van der Waals surface area (Å²) < 4.78 is 46.8. The van der Waals surface area contributed by atoms with Crippen molar-refractivity contribution < 1.29 is 27.2 Å². The Morgan fingerprint density at radius 2 is 1.84 bits per heavy atom. The Hall–Kier alpha value is -3.03. The van der Waals surface area contributed by atoms with Crippen molar-refractivity contribution >= 4 is 22.6 Å². The largest absolute Gasteiger partial charge is 0.482 e. The zero-order valence-electron chi connectivity index (χ0n) is 12.8. The lowest BCUT2D eigenvalue weighted by molar-refractivity contribution is -0.153. The number of hydrogen-bond donors (Lipinski definition) is 1. The molecule has 0 saturated carbocycles. The maximum absolute atomic E-state index is 12.3. The van der Waals surface area contributed by atoms with Gasteiger partial charge in [-0.1, -0.05) is 29.4 Å². The predicted octanol–water partition coefficient (Wildman–Crippen LogP) is 3.95. The average molecular weight is 350 g/mol. The van der Waals surface area contributed by atoms with Gasteiger partial charge in [0.05, 0.1) is 12.1 Å². The first-order valence-electron chi connectivity index (χ1n) is 7.34. The van der Waals surface area contributed by atoms with Crippen molar-refractivity contribution in [1.82, 2.24) is 5.16 Å². The first-order chi connectivity index (χ1) is 11.9. The normalized spacial score (nSPS) is 11.5. The lowest BCUT2D eigenvalue weighted by Crippen LogP contribution is -2.20. The topological polar surface area (TPSA) is 64.4 Å². The summed E-state index contributed by atoms with van der Waals surface area (Å²) in [6.07, 6.45) is -4.54. The smallest absolute Gasteiger partial charge is 0.422 e. The Kier molecular flexibility index (Phi) is 4.60. The van der Waals surface area contributed by atoms with Gasteiger partial charge in [0.15, 0.2) is 12.2 Å². The first kappa shape index (κ1) is 16.8. The molecule has 2 aromatic carbocycles. The summed E-state index contributed by atoms with van der Waals surface area (Å²) in [6, 6.07) is 13.0. The molecule has 0 spiro atoms. The van der Waals surface area contributed by atoms with Crippen LogP contribution in [0.3, 0.4) is 0 Å². The van der Waals surface area contributed by atoms with Gasteiger partial charge in [0.2, 0.25) is 5.91 Å². The molecule has 0 unspecified atom stereocenters. The number of nitrogens with zero attached hydrogens (tertiary/aromatic N) is 1. The second-order valence-corrected chi connectivity index (χ2v) is 5.25. The molecule has 1 aromatic heterocycles. The van der Waals surface area contributed by atoms with Gasteiger partial charge >= 0.3 is 6.18 Å². The number of nitrogens with one attached hydrogen (secondary N) is 1. The highest BCUT2D eigenvalue weighted by Gasteiger charge is 2.29. The second-order valence-electron chi connectivity index (χ2n) is 5.25. The number of rotatable bonds is 5. The SMILES string of the molecule is O=C(Cc1noc2ccccc12)Nc1ccccc1OCC(F)(F)F. The van der Waals surface area contributed by atoms with Crippen molar-refractivity contribution in [3.05, 3.63) is 54.2 Å². The molecule has 0 saturated heterocycles. The number of aromatic nitrogens is 1. The van der Waals surface area contributed by atoms with Crippen LogP contribution in [0.25, 0.3) is 11.0 Å². The van der Waals surface area contributed by atoms with E-state index in [0.29, 0.717) is 16.7 Å². The molecular formula is C17H13F3N2O3. The van der Waals surface area contributed by atoms with E-state index in [2.05, 4.69) is 10.5 Å². The molecule has 1 amide bonds. The monoisotopic (exact) mass is 350 g/mol. The van der Waals surface area contributed by atoms with Gasteiger partial charge in [-0.3, -0.25) is 4.79 Å². The molecule has 0 atom stereocenters. The minimum absolute atomic E-state index is 0.0572. The summed E-state index contributed by atoms with van der Waals surface area (Å²) in [4.78, 5) is 12.2. The summed E-state index contributed by atoms with van der Waals surface area (Å²) >= 11 is 0. The van der Waals surface area contributed by atoms with Crippen molar-refractivity contribution in [2.75, 3.05) is 11.9 Å². The highest BCUT2D eigenvalue weighted by molar-refractivity contribution is 5.95. The highest BCUT2D eigenvalue weighted by Crippen LogP contribution is 2.27. The van der Waals surface area contributed by atoms with E-state index in [0.717, 1.165) is 0 Å². The van der Waals surface area contributed by atoms with Gasteiger partial charge in [-0.2, -0.15) is 13.2 Å². The third-order valence-corrected chi connectivity index (χ3v) is 3.33. The van der Waals surface area contributed by atoms with E-state index in [1.54, 1.807) is 30.3 Å². The van der Waals surface area contributed by atoms with Crippen LogP contribution in [-0.2, 0) is 11.2 Å². The number of ether oxygens (including phenoxy) is 1. The van der Waals surface area contributed by atoms with Crippen molar-refractivity contribution in [2.24, 2.45) is 0 Å². The minimum Gasteiger partial charge on any atom is -0.482 e. The molecule has 1 heterocycles. The number of hydrogen-bond acceptors (Lipinski definition) is 4. The zero-order chi connectivity index (χ0) is 17.9. The minimum atomic E-state index is -4.46. The first-order valence-corrected chi connectivity index (χ1v) is 7.34. The number of amides is 1. The van der Waals surface area contributed by atoms with E-state index in [-0.39, 0.29) is 17.9 Å². The molecule has 5 nitrogen and oxygen atoms in total. The van der Waals surface area contributed by atoms with Gasteiger partial charge in [-0.25, -0.2) is 0 Å². The van der Waals surface area contributed by atoms with Gasteiger partial charge in [0.25, 0.3) is 0 Å². The number of benzene rings is 2. The van der Waals surface area contributed by atoms with Crippen LogP contribution < -0.4 is 10.1 Å². The Balaban J connectivity index is 1.71. The van der Waals surface area contributed by atoms with Gasteiger partial charge in [-0.15, -0.1) is 0 Å². The van der Waals surface area contributed by atoms with E-state index in [1.807, 2.05) is 0 Å². The molecule has 25 heavy (non-hydrogen) atoms. The molecule has 0 aliphatic carbocycles. The van der Waals surface area contributed by atoms with Crippen LogP contribution in [-0.4, -0.2) is 23.8 Å². The maximum Gasteiger partial charge on any atom is 0.422 e. The van der Waals surface area contributed by atoms with E-state index in [4.69, 9.17) is 9.26 Å². The lowest BCUT2D eigenvalue weighted by atomic mass is 10.1. The van der Waals surface area contributed by atoms with E-state index < -0.39 is 18.7 Å². The van der Waals surface area contributed by atoms with E-state index >= 15 is 0 Å². The third kappa shape index (κ3) is 4.28. The summed E-state index contributed by atoms with van der Waals surface area (Å²) in [7, 11) is 0. The fourth-order valence-electron chi connectivity index (χ4n) is 2.27. The van der Waals surface area contributed by atoms with Gasteiger partial charge in [0, 0.05) is 5.39 Å². The van der Waals surface area contributed by atoms with E-state index in [1.165, 1.54) is 18.2 Å². The van der Waals surface area contributed by atoms with Crippen molar-refractivity contribution in [3.8, 4) is 5.75 Å². The van der Waals surface area contributed by atoms with Gasteiger partial charge in [0.1, 0.15) is 11.4 Å². The molecule has 0 aliphatic heterocycles. The van der Waals surface area contributed by atoms with Crippen LogP contribution in [0.2, 0.25) is 0 Å². The lowest BCUT2D eigenvalue weighted by Gasteiger charge is -2.13. The predicted molar refractivity (Wildman–Crippen MR) is 84.3 cm³/mol. The van der Waals surface area contributed by atoms with Crippen LogP contribution in [0.5, 0.6) is 5.75 Å². The summed E-state index contributed by atoms with van der Waals surface area (Å²) in [6.45, 7) is -1.44. The molecule has 130 valence electrons. The third-order valence-electron chi connectivity index (χ3n) is 3.33. The molecule has 3 rings (SSSR count). The molecule has 0 fully saturated rings. The summed E-state index contributed by atoms with van der Waals surface area (Å²) in [5.41, 5.74) is 1.16. The van der Waals surface area contributed by atoms with Gasteiger partial charge < -0.3 is 14.6 Å². The van der Waals surface area contributed by atoms with Crippen molar-refractivity contribution in [1.29, 1.82) is 0 Å². The number of para-hydroxylation sites is 3. The summed E-state index contributed by atoms with van der Waals surface area (Å²) in [5.74, 6) is -0.500. The summed E-state index contributed by atoms with van der Waals surface area (Å²) in [5, 5.41) is 7.10. The molecule has 3 aromatic rings. The molecule has 0 aliphatic rings. The number of fused-ring (bicyclic) bond motifs is 1. The second kappa shape index (κ2) is 6.84. The molecule has 0 bridgehead atoms. The standard InChI is InChI=1S/C17H13F3N2O3/c18-17(19,20)10-24-15-8-4-2-6-12(15)21-16(23)9-13-11-5-1-3-7-14(11)25-22-13/h1-8H,9-10H2,(H,21,23). The molecule has 1 N–H and O–H groups in total. The maximum atomic E-state index is 12.3. The van der Waals surface area contributed by atoms with Crippen LogP contribution >= 0.6 is 0 Å². The fraction of sp³-hybridized carbons (Fsp3) is 0.176. The molecular weight excluding hydrogens is 337 g/mol. The quantitative estimate of drug-likeness (QED) is 0.757. The molecule has 0 radical (unpaired) electrons. The number of alkyl halides is 3. The fourth-order valence-corrected chi connectivity index (χ4v) is 2.27. The molecule has 8 heteroatoms. The number of carbonyl (C=O) groups is 1. The van der Waals surface area contributed by atoms with E-state index in [9.17, 15) is 18.0 Å². The van der Waals surface area contributed by atoms with Gasteiger partial charge in [-0.05, 0) is 24.3 Å². The zero-order valence-corrected chi connectivity index (χ0v) is 12.8. The average Bonchev–Trinajstić information content (AvgIpc) is 2.96. The van der Waals surface area contributed by atoms with Crippen LogP contribution in [0.4, 0.5) is 18.9 Å².